The fourth-order valence-corrected chi connectivity index (χ4v) is 3.75. The van der Waals surface area contributed by atoms with Crippen LogP contribution in [0.15, 0.2) is 65.2 Å². The number of hydrogen-bond donors (Lipinski definition) is 1. The van der Waals surface area contributed by atoms with Crippen molar-refractivity contribution >= 4 is 34.5 Å². The summed E-state index contributed by atoms with van der Waals surface area (Å²) in [6.07, 6.45) is 5.13. The second-order valence-electron chi connectivity index (χ2n) is 6.37. The van der Waals surface area contributed by atoms with Gasteiger partial charge in [-0.25, -0.2) is 4.98 Å². The molecule has 29 heavy (non-hydrogen) atoms. The minimum atomic E-state index is -0.348. The molecule has 7 nitrogen and oxygen atoms in total. The number of hydrogen-bond acceptors (Lipinski definition) is 5. The van der Waals surface area contributed by atoms with Gasteiger partial charge in [-0.15, -0.1) is 11.3 Å². The van der Waals surface area contributed by atoms with E-state index in [0.29, 0.717) is 28.0 Å². The summed E-state index contributed by atoms with van der Waals surface area (Å²) in [7, 11) is 1.82. The van der Waals surface area contributed by atoms with Crippen LogP contribution in [0.5, 0.6) is 0 Å². The molecule has 4 rings (SSSR count). The molecule has 1 aromatic carbocycles. The van der Waals surface area contributed by atoms with E-state index in [1.807, 2.05) is 31.4 Å². The van der Waals surface area contributed by atoms with Gasteiger partial charge in [0, 0.05) is 41.5 Å². The number of pyridine rings is 1. The molecule has 0 fully saturated rings. The van der Waals surface area contributed by atoms with E-state index >= 15 is 0 Å². The highest BCUT2D eigenvalue weighted by Gasteiger charge is 2.14. The van der Waals surface area contributed by atoms with Crippen molar-refractivity contribution in [1.82, 2.24) is 19.3 Å². The lowest BCUT2D eigenvalue weighted by atomic mass is 10.2. The summed E-state index contributed by atoms with van der Waals surface area (Å²) in [6.45, 7) is 0.310. The molecular formula is C20H16ClN5O2S. The zero-order chi connectivity index (χ0) is 20.4. The highest BCUT2D eigenvalue weighted by atomic mass is 35.5. The number of benzene rings is 1. The summed E-state index contributed by atoms with van der Waals surface area (Å²) in [6, 6.07) is 10.3. The van der Waals surface area contributed by atoms with Crippen molar-refractivity contribution in [1.29, 1.82) is 0 Å². The number of amides is 1. The molecule has 4 aromatic rings. The summed E-state index contributed by atoms with van der Waals surface area (Å²) >= 11 is 7.56. The van der Waals surface area contributed by atoms with E-state index in [2.05, 4.69) is 15.4 Å². The Labute approximate surface area is 175 Å². The molecule has 0 unspecified atom stereocenters. The van der Waals surface area contributed by atoms with E-state index < -0.39 is 0 Å². The first-order valence-electron chi connectivity index (χ1n) is 8.69. The Morgan fingerprint density at radius 3 is 2.79 bits per heavy atom. The van der Waals surface area contributed by atoms with Gasteiger partial charge in [0.15, 0.2) is 0 Å². The topological polar surface area (TPSA) is 81.8 Å². The van der Waals surface area contributed by atoms with Crippen LogP contribution < -0.4 is 10.9 Å². The maximum Gasteiger partial charge on any atom is 0.275 e. The SMILES string of the molecule is Cn1cc(-c2nc(C(=O)Nc3ccc(=O)n(Cc4ccccc4Cl)c3)cs2)cn1. The van der Waals surface area contributed by atoms with Crippen LogP contribution in [0, 0.1) is 0 Å². The summed E-state index contributed by atoms with van der Waals surface area (Å²) in [5.41, 5.74) is 2.29. The molecule has 0 bridgehead atoms. The number of nitrogens with zero attached hydrogens (tertiary/aromatic N) is 4. The van der Waals surface area contributed by atoms with Gasteiger partial charge >= 0.3 is 0 Å². The van der Waals surface area contributed by atoms with Crippen molar-refractivity contribution in [2.45, 2.75) is 6.54 Å². The average molecular weight is 426 g/mol. The quantitative estimate of drug-likeness (QED) is 0.529. The van der Waals surface area contributed by atoms with Crippen LogP contribution >= 0.6 is 22.9 Å². The molecular weight excluding hydrogens is 410 g/mol. The fraction of sp³-hybridized carbons (Fsp3) is 0.100. The number of carbonyl (C=O) groups is 1. The molecule has 3 heterocycles. The molecule has 9 heteroatoms. The monoisotopic (exact) mass is 425 g/mol. The largest absolute Gasteiger partial charge is 0.319 e. The molecule has 0 spiro atoms. The molecule has 0 radical (unpaired) electrons. The van der Waals surface area contributed by atoms with Gasteiger partial charge < -0.3 is 9.88 Å². The zero-order valence-electron chi connectivity index (χ0n) is 15.4. The van der Waals surface area contributed by atoms with Crippen molar-refractivity contribution in [3.63, 3.8) is 0 Å². The van der Waals surface area contributed by atoms with Crippen LogP contribution in [0.25, 0.3) is 10.6 Å². The summed E-state index contributed by atoms with van der Waals surface area (Å²) in [4.78, 5) is 29.1. The predicted molar refractivity (Wildman–Crippen MR) is 114 cm³/mol. The van der Waals surface area contributed by atoms with Crippen LogP contribution in [-0.2, 0) is 13.6 Å². The zero-order valence-corrected chi connectivity index (χ0v) is 16.9. The Morgan fingerprint density at radius 1 is 1.21 bits per heavy atom. The highest BCUT2D eigenvalue weighted by Crippen LogP contribution is 2.23. The Bertz CT molecular complexity index is 1240. The third-order valence-corrected chi connectivity index (χ3v) is 5.49. The Balaban J connectivity index is 1.52. The van der Waals surface area contributed by atoms with Crippen molar-refractivity contribution in [2.24, 2.45) is 7.05 Å². The second kappa shape index (κ2) is 8.02. The number of carbonyl (C=O) groups excluding carboxylic acids is 1. The van der Waals surface area contributed by atoms with Gasteiger partial charge in [0.1, 0.15) is 10.7 Å². The van der Waals surface area contributed by atoms with Crippen molar-refractivity contribution in [3.8, 4) is 10.6 Å². The standard InChI is InChI=1S/C20H16ClN5O2S/c1-25-9-14(8-22-25)20-24-17(12-29-20)19(28)23-15-6-7-18(27)26(11-15)10-13-4-2-3-5-16(13)21/h2-9,11-12H,10H2,1H3,(H,23,28). The molecule has 1 amide bonds. The van der Waals surface area contributed by atoms with Gasteiger partial charge in [0.05, 0.1) is 18.4 Å². The van der Waals surface area contributed by atoms with Crippen molar-refractivity contribution in [2.75, 3.05) is 5.32 Å². The molecule has 0 aliphatic heterocycles. The van der Waals surface area contributed by atoms with Crippen LogP contribution in [-0.4, -0.2) is 25.2 Å². The van der Waals surface area contributed by atoms with E-state index in [4.69, 9.17) is 11.6 Å². The minimum Gasteiger partial charge on any atom is -0.319 e. The lowest BCUT2D eigenvalue weighted by molar-refractivity contribution is 0.102. The second-order valence-corrected chi connectivity index (χ2v) is 7.64. The molecule has 0 aliphatic rings. The van der Waals surface area contributed by atoms with Gasteiger partial charge in [-0.3, -0.25) is 14.3 Å². The number of thiazole rings is 1. The number of anilines is 1. The molecule has 0 aliphatic carbocycles. The molecule has 1 N–H and O–H groups in total. The minimum absolute atomic E-state index is 0.185. The maximum absolute atomic E-state index is 12.6. The van der Waals surface area contributed by atoms with Gasteiger partial charge in [-0.1, -0.05) is 29.8 Å². The maximum atomic E-state index is 12.6. The van der Waals surface area contributed by atoms with Gasteiger partial charge in [-0.2, -0.15) is 5.10 Å². The lowest BCUT2D eigenvalue weighted by Crippen LogP contribution is -2.21. The number of nitrogens with one attached hydrogen (secondary N) is 1. The normalized spacial score (nSPS) is 10.8. The van der Waals surface area contributed by atoms with Crippen LogP contribution in [0.3, 0.4) is 0 Å². The van der Waals surface area contributed by atoms with E-state index in [-0.39, 0.29) is 11.5 Å². The number of aryl methyl sites for hydroxylation is 1. The van der Waals surface area contributed by atoms with Gasteiger partial charge in [0.25, 0.3) is 11.5 Å². The molecule has 0 atom stereocenters. The third kappa shape index (κ3) is 4.28. The van der Waals surface area contributed by atoms with Crippen LogP contribution in [0.2, 0.25) is 5.02 Å². The first-order valence-corrected chi connectivity index (χ1v) is 9.95. The van der Waals surface area contributed by atoms with Crippen LogP contribution in [0.4, 0.5) is 5.69 Å². The fourth-order valence-electron chi connectivity index (χ4n) is 2.78. The van der Waals surface area contributed by atoms with E-state index in [9.17, 15) is 9.59 Å². The number of rotatable bonds is 5. The van der Waals surface area contributed by atoms with Gasteiger partial charge in [-0.05, 0) is 17.7 Å². The first-order chi connectivity index (χ1) is 14.0. The van der Waals surface area contributed by atoms with E-state index in [1.165, 1.54) is 22.0 Å². The van der Waals surface area contributed by atoms with Gasteiger partial charge in [0.2, 0.25) is 0 Å². The smallest absolute Gasteiger partial charge is 0.275 e. The molecule has 0 saturated carbocycles. The van der Waals surface area contributed by atoms with Crippen molar-refractivity contribution in [3.05, 3.63) is 87.0 Å². The first kappa shape index (κ1) is 19.1. The summed E-state index contributed by atoms with van der Waals surface area (Å²) < 4.78 is 3.18. The van der Waals surface area contributed by atoms with E-state index in [0.717, 1.165) is 11.1 Å². The molecule has 3 aromatic heterocycles. The van der Waals surface area contributed by atoms with Crippen molar-refractivity contribution < 1.29 is 4.79 Å². The third-order valence-electron chi connectivity index (χ3n) is 4.23. The number of aromatic nitrogens is 4. The summed E-state index contributed by atoms with van der Waals surface area (Å²) in [5, 5.41) is 9.89. The average Bonchev–Trinajstić information content (AvgIpc) is 3.35. The van der Waals surface area contributed by atoms with Crippen LogP contribution in [0.1, 0.15) is 16.1 Å². The molecule has 146 valence electrons. The highest BCUT2D eigenvalue weighted by molar-refractivity contribution is 7.13. The summed E-state index contributed by atoms with van der Waals surface area (Å²) in [5.74, 6) is -0.348. The molecule has 0 saturated heterocycles. The predicted octanol–water partition coefficient (Wildman–Crippen LogP) is 3.66. The Kier molecular flexibility index (Phi) is 5.28. The lowest BCUT2D eigenvalue weighted by Gasteiger charge is -2.10. The van der Waals surface area contributed by atoms with E-state index in [1.54, 1.807) is 34.6 Å². The Hall–Kier alpha value is -3.23. The number of halogens is 1. The Morgan fingerprint density at radius 2 is 2.03 bits per heavy atom.